The predicted octanol–water partition coefficient (Wildman–Crippen LogP) is 5.50. The molecule has 2 atom stereocenters. The molecule has 208 valence electrons. The van der Waals surface area contributed by atoms with Gasteiger partial charge in [0.15, 0.2) is 17.3 Å². The molecule has 0 saturated heterocycles. The summed E-state index contributed by atoms with van der Waals surface area (Å²) >= 11 is 3.39. The molecular formula is C30H34BrNO7. The summed E-state index contributed by atoms with van der Waals surface area (Å²) in [5, 5.41) is 13.8. The number of rotatable bonds is 9. The number of Topliss-reactive ketones (excluding diaryl/α,β-unsaturated/α-hetero) is 1. The summed E-state index contributed by atoms with van der Waals surface area (Å²) in [5.41, 5.74) is 3.79. The first-order chi connectivity index (χ1) is 18.7. The number of ketones is 1. The highest BCUT2D eigenvalue weighted by Gasteiger charge is 2.42. The second-order valence-corrected chi connectivity index (χ2v) is 10.7. The number of nitrogens with one attached hydrogen (secondary N) is 1. The van der Waals surface area contributed by atoms with Crippen LogP contribution in [0.4, 0.5) is 0 Å². The Morgan fingerprint density at radius 2 is 1.82 bits per heavy atom. The van der Waals surface area contributed by atoms with Gasteiger partial charge in [0.05, 0.1) is 37.0 Å². The lowest BCUT2D eigenvalue weighted by atomic mass is 9.71. The van der Waals surface area contributed by atoms with E-state index < -0.39 is 11.9 Å². The second kappa shape index (κ2) is 12.3. The molecule has 0 fully saturated rings. The zero-order chi connectivity index (χ0) is 28.3. The minimum Gasteiger partial charge on any atom is -0.503 e. The Bertz CT molecular complexity index is 1330. The number of phenolic OH excluding ortho intramolecular Hbond substituents is 1. The fourth-order valence-electron chi connectivity index (χ4n) is 5.28. The number of benzene rings is 2. The summed E-state index contributed by atoms with van der Waals surface area (Å²) in [6, 6.07) is 11.1. The van der Waals surface area contributed by atoms with E-state index in [9.17, 15) is 14.7 Å². The minimum absolute atomic E-state index is 0.0133. The maximum Gasteiger partial charge on any atom is 0.336 e. The summed E-state index contributed by atoms with van der Waals surface area (Å²) in [6.45, 7) is 5.97. The van der Waals surface area contributed by atoms with Crippen LogP contribution >= 0.6 is 15.9 Å². The van der Waals surface area contributed by atoms with Gasteiger partial charge in [0.25, 0.3) is 0 Å². The lowest BCUT2D eigenvalue weighted by Gasteiger charge is -2.37. The molecule has 0 spiro atoms. The van der Waals surface area contributed by atoms with Gasteiger partial charge in [0, 0.05) is 35.2 Å². The number of para-hydroxylation sites is 1. The van der Waals surface area contributed by atoms with Gasteiger partial charge in [-0.2, -0.15) is 0 Å². The van der Waals surface area contributed by atoms with Gasteiger partial charge in [0.1, 0.15) is 12.4 Å². The SMILES string of the molecule is COc1ccccc1[C@H]1CC(=O)C2=C(C1)NC(C)=C(C(=O)OCCOC(C)C)[C@@H]2c1cc(Br)c(O)c(OC)c1. The fraction of sp³-hybridized carbons (Fsp3) is 0.400. The molecule has 0 saturated carbocycles. The summed E-state index contributed by atoms with van der Waals surface area (Å²) in [5.74, 6) is -0.510. The van der Waals surface area contributed by atoms with Gasteiger partial charge in [-0.25, -0.2) is 4.79 Å². The first-order valence-electron chi connectivity index (χ1n) is 12.9. The molecule has 0 radical (unpaired) electrons. The zero-order valence-corrected chi connectivity index (χ0v) is 24.4. The van der Waals surface area contributed by atoms with Gasteiger partial charge in [-0.1, -0.05) is 18.2 Å². The van der Waals surface area contributed by atoms with E-state index in [1.54, 1.807) is 19.2 Å². The van der Waals surface area contributed by atoms with Crippen molar-refractivity contribution in [3.8, 4) is 17.2 Å². The number of phenols is 1. The van der Waals surface area contributed by atoms with E-state index in [0.717, 1.165) is 17.0 Å². The zero-order valence-electron chi connectivity index (χ0n) is 22.8. The van der Waals surface area contributed by atoms with Crippen molar-refractivity contribution in [1.29, 1.82) is 0 Å². The average Bonchev–Trinajstić information content (AvgIpc) is 2.91. The number of esters is 1. The molecule has 2 N–H and O–H groups in total. The Labute approximate surface area is 237 Å². The van der Waals surface area contributed by atoms with Gasteiger partial charge in [-0.05, 0) is 72.4 Å². The van der Waals surface area contributed by atoms with Crippen molar-refractivity contribution >= 4 is 27.7 Å². The first kappa shape index (κ1) is 28.7. The van der Waals surface area contributed by atoms with Crippen LogP contribution < -0.4 is 14.8 Å². The van der Waals surface area contributed by atoms with Crippen LogP contribution in [-0.2, 0) is 19.1 Å². The lowest BCUT2D eigenvalue weighted by molar-refractivity contribution is -0.141. The van der Waals surface area contributed by atoms with E-state index in [4.69, 9.17) is 18.9 Å². The van der Waals surface area contributed by atoms with Crippen molar-refractivity contribution in [1.82, 2.24) is 5.32 Å². The molecule has 0 unspecified atom stereocenters. The summed E-state index contributed by atoms with van der Waals surface area (Å²) in [6.07, 6.45) is 0.840. The third-order valence-electron chi connectivity index (χ3n) is 7.00. The van der Waals surface area contributed by atoms with Gasteiger partial charge in [-0.15, -0.1) is 0 Å². The van der Waals surface area contributed by atoms with Crippen LogP contribution in [0, 0.1) is 0 Å². The van der Waals surface area contributed by atoms with Crippen molar-refractivity contribution in [3.05, 3.63) is 74.5 Å². The number of dihydropyridines is 1. The smallest absolute Gasteiger partial charge is 0.336 e. The lowest BCUT2D eigenvalue weighted by Crippen LogP contribution is -2.36. The number of hydrogen-bond donors (Lipinski definition) is 2. The van der Waals surface area contributed by atoms with E-state index in [-0.39, 0.29) is 48.9 Å². The Hall–Kier alpha value is -3.30. The van der Waals surface area contributed by atoms with E-state index >= 15 is 0 Å². The molecule has 1 aliphatic carbocycles. The third-order valence-corrected chi connectivity index (χ3v) is 7.60. The predicted molar refractivity (Wildman–Crippen MR) is 150 cm³/mol. The number of hydrogen-bond acceptors (Lipinski definition) is 8. The fourth-order valence-corrected chi connectivity index (χ4v) is 5.74. The molecule has 1 aliphatic heterocycles. The molecule has 0 aromatic heterocycles. The van der Waals surface area contributed by atoms with Crippen LogP contribution in [0.1, 0.15) is 56.6 Å². The first-order valence-corrected chi connectivity index (χ1v) is 13.7. The van der Waals surface area contributed by atoms with Crippen LogP contribution in [0.3, 0.4) is 0 Å². The van der Waals surface area contributed by atoms with Crippen LogP contribution in [0.2, 0.25) is 0 Å². The average molecular weight is 601 g/mol. The van der Waals surface area contributed by atoms with Gasteiger partial charge < -0.3 is 29.4 Å². The molecule has 2 aromatic rings. The second-order valence-electron chi connectivity index (χ2n) is 9.87. The number of carbonyl (C=O) groups is 2. The molecule has 0 amide bonds. The van der Waals surface area contributed by atoms with E-state index in [0.29, 0.717) is 33.3 Å². The molecule has 1 heterocycles. The number of methoxy groups -OCH3 is 2. The van der Waals surface area contributed by atoms with Crippen molar-refractivity contribution in [2.75, 3.05) is 27.4 Å². The summed E-state index contributed by atoms with van der Waals surface area (Å²) in [7, 11) is 3.07. The highest BCUT2D eigenvalue weighted by molar-refractivity contribution is 9.10. The maximum absolute atomic E-state index is 13.9. The third kappa shape index (κ3) is 5.99. The standard InChI is InChI=1S/C30H34BrNO7/c1-16(2)38-10-11-39-30(35)26-17(3)32-22-13-18(20-8-6-7-9-24(20)36-4)14-23(33)28(22)27(26)19-12-21(31)29(34)25(15-19)37-5/h6-9,12,15-16,18,27,32,34H,10-11,13-14H2,1-5H3/t18-,27+/m1/s1. The molecule has 2 aromatic carbocycles. The normalized spacial score (nSPS) is 19.1. The molecule has 8 nitrogen and oxygen atoms in total. The topological polar surface area (TPSA) is 103 Å². The Morgan fingerprint density at radius 1 is 1.10 bits per heavy atom. The van der Waals surface area contributed by atoms with Crippen molar-refractivity contribution in [2.45, 2.75) is 51.6 Å². The number of carbonyl (C=O) groups excluding carboxylic acids is 2. The molecular weight excluding hydrogens is 566 g/mol. The molecule has 4 rings (SSSR count). The van der Waals surface area contributed by atoms with Gasteiger partial charge >= 0.3 is 5.97 Å². The largest absolute Gasteiger partial charge is 0.503 e. The van der Waals surface area contributed by atoms with Crippen molar-refractivity contribution < 1.29 is 33.6 Å². The molecule has 39 heavy (non-hydrogen) atoms. The molecule has 2 aliphatic rings. The van der Waals surface area contributed by atoms with E-state index in [1.165, 1.54) is 7.11 Å². The Balaban J connectivity index is 1.77. The minimum atomic E-state index is -0.711. The summed E-state index contributed by atoms with van der Waals surface area (Å²) < 4.78 is 22.5. The number of halogens is 1. The highest BCUT2D eigenvalue weighted by Crippen LogP contribution is 2.49. The number of allylic oxidation sites excluding steroid dienone is 3. The van der Waals surface area contributed by atoms with Crippen LogP contribution in [-0.4, -0.2) is 50.4 Å². The van der Waals surface area contributed by atoms with E-state index in [2.05, 4.69) is 21.2 Å². The molecule has 0 bridgehead atoms. The quantitative estimate of drug-likeness (QED) is 0.287. The highest BCUT2D eigenvalue weighted by atomic mass is 79.9. The van der Waals surface area contributed by atoms with Gasteiger partial charge in [-0.3, -0.25) is 4.79 Å². The molecule has 9 heteroatoms. The van der Waals surface area contributed by atoms with Crippen LogP contribution in [0.15, 0.2) is 63.4 Å². The monoisotopic (exact) mass is 599 g/mol. The van der Waals surface area contributed by atoms with Crippen molar-refractivity contribution in [2.24, 2.45) is 0 Å². The Kier molecular flexibility index (Phi) is 9.02. The maximum atomic E-state index is 13.9. The van der Waals surface area contributed by atoms with Gasteiger partial charge in [0.2, 0.25) is 0 Å². The number of aromatic hydroxyl groups is 1. The summed E-state index contributed by atoms with van der Waals surface area (Å²) in [4.78, 5) is 27.4. The number of ether oxygens (including phenoxy) is 4. The van der Waals surface area contributed by atoms with Crippen LogP contribution in [0.5, 0.6) is 17.2 Å². The van der Waals surface area contributed by atoms with E-state index in [1.807, 2.05) is 45.0 Å². The van der Waals surface area contributed by atoms with Crippen LogP contribution in [0.25, 0.3) is 0 Å². The Morgan fingerprint density at radius 3 is 2.51 bits per heavy atom. The van der Waals surface area contributed by atoms with Crippen molar-refractivity contribution in [3.63, 3.8) is 0 Å².